The number of hydrogen-bond donors (Lipinski definition) is 2. The number of aromatic nitrogens is 4. The van der Waals surface area contributed by atoms with Gasteiger partial charge in [0.2, 0.25) is 5.95 Å². The first-order chi connectivity index (χ1) is 10.9. The number of H-pyrrole nitrogens is 1. The van der Waals surface area contributed by atoms with Gasteiger partial charge in [-0.05, 0) is 20.3 Å². The van der Waals surface area contributed by atoms with Crippen LogP contribution < -0.4 is 11.3 Å². The molecule has 0 aliphatic carbocycles. The molecule has 0 amide bonds. The Balaban J connectivity index is 1.80. The number of anilines is 1. The zero-order chi connectivity index (χ0) is 16.4. The molecule has 4 rings (SSSR count). The van der Waals surface area contributed by atoms with E-state index in [1.807, 2.05) is 20.8 Å². The molecule has 2 fully saturated rings. The van der Waals surface area contributed by atoms with E-state index >= 15 is 0 Å². The summed E-state index contributed by atoms with van der Waals surface area (Å²) in [5.74, 6) is -0.646. The van der Waals surface area contributed by atoms with Crippen molar-refractivity contribution in [3.63, 3.8) is 0 Å². The standard InChI is InChI=1S/C14H19N5O4/c1-4-7-8-9(23-14(2,3)22-8)12(21-7)19-10-6(5-16-19)11(20)18-13(15)17-10/h5,7-9,12H,4H2,1-3H3,(H3,15,17,18,20)/t7-,8+,9?,12-/m1/s1. The number of nitrogens with two attached hydrogens (primary N) is 1. The Morgan fingerprint density at radius 2 is 2.13 bits per heavy atom. The van der Waals surface area contributed by atoms with E-state index in [2.05, 4.69) is 15.1 Å². The van der Waals surface area contributed by atoms with E-state index < -0.39 is 12.0 Å². The Morgan fingerprint density at radius 1 is 1.39 bits per heavy atom. The molecule has 0 spiro atoms. The second kappa shape index (κ2) is 4.76. The largest absolute Gasteiger partial charge is 0.369 e. The lowest BCUT2D eigenvalue weighted by Gasteiger charge is -2.24. The van der Waals surface area contributed by atoms with Crippen molar-refractivity contribution in [1.29, 1.82) is 0 Å². The second-order valence-electron chi connectivity index (χ2n) is 6.32. The molecule has 9 heteroatoms. The monoisotopic (exact) mass is 321 g/mol. The quantitative estimate of drug-likeness (QED) is 0.828. The smallest absolute Gasteiger partial charge is 0.263 e. The van der Waals surface area contributed by atoms with E-state index in [-0.39, 0.29) is 29.8 Å². The van der Waals surface area contributed by atoms with Gasteiger partial charge < -0.3 is 19.9 Å². The lowest BCUT2D eigenvalue weighted by molar-refractivity contribution is -0.197. The maximum Gasteiger partial charge on any atom is 0.263 e. The van der Waals surface area contributed by atoms with Crippen molar-refractivity contribution >= 4 is 17.0 Å². The topological polar surface area (TPSA) is 117 Å². The van der Waals surface area contributed by atoms with Crippen molar-refractivity contribution in [3.8, 4) is 0 Å². The minimum absolute atomic E-state index is 0.0368. The summed E-state index contributed by atoms with van der Waals surface area (Å²) in [6.45, 7) is 5.77. The molecule has 23 heavy (non-hydrogen) atoms. The number of aromatic amines is 1. The minimum atomic E-state index is -0.683. The van der Waals surface area contributed by atoms with Gasteiger partial charge in [0.15, 0.2) is 17.7 Å². The highest BCUT2D eigenvalue weighted by Gasteiger charge is 2.55. The highest BCUT2D eigenvalue weighted by Crippen LogP contribution is 2.44. The first kappa shape index (κ1) is 14.6. The molecule has 0 bridgehead atoms. The van der Waals surface area contributed by atoms with Gasteiger partial charge in [-0.2, -0.15) is 10.1 Å². The van der Waals surface area contributed by atoms with E-state index in [0.717, 1.165) is 6.42 Å². The normalized spacial score (nSPS) is 32.5. The third-order valence-corrected chi connectivity index (χ3v) is 4.25. The van der Waals surface area contributed by atoms with Gasteiger partial charge >= 0.3 is 0 Å². The highest BCUT2D eigenvalue weighted by atomic mass is 16.8. The number of nitrogens with zero attached hydrogens (tertiary/aromatic N) is 3. The molecule has 3 N–H and O–H groups in total. The zero-order valence-corrected chi connectivity index (χ0v) is 13.1. The van der Waals surface area contributed by atoms with Crippen molar-refractivity contribution in [3.05, 3.63) is 16.6 Å². The third kappa shape index (κ3) is 2.15. The van der Waals surface area contributed by atoms with E-state index in [1.54, 1.807) is 4.68 Å². The Kier molecular flexibility index (Phi) is 3.03. The van der Waals surface area contributed by atoms with E-state index in [0.29, 0.717) is 11.0 Å². The van der Waals surface area contributed by atoms with E-state index in [4.69, 9.17) is 19.9 Å². The average molecular weight is 321 g/mol. The molecule has 0 radical (unpaired) electrons. The fraction of sp³-hybridized carbons (Fsp3) is 0.643. The van der Waals surface area contributed by atoms with Crippen LogP contribution in [0.1, 0.15) is 33.4 Å². The van der Waals surface area contributed by atoms with E-state index in [1.165, 1.54) is 6.20 Å². The van der Waals surface area contributed by atoms with Crippen LogP contribution in [0.5, 0.6) is 0 Å². The zero-order valence-electron chi connectivity index (χ0n) is 13.1. The molecule has 2 aromatic heterocycles. The number of ether oxygens (including phenoxy) is 3. The van der Waals surface area contributed by atoms with Crippen LogP contribution in [0, 0.1) is 0 Å². The lowest BCUT2D eigenvalue weighted by atomic mass is 10.1. The van der Waals surface area contributed by atoms with Crippen LogP contribution in [-0.4, -0.2) is 43.8 Å². The van der Waals surface area contributed by atoms with Crippen LogP contribution in [0.2, 0.25) is 0 Å². The Morgan fingerprint density at radius 3 is 2.87 bits per heavy atom. The summed E-state index contributed by atoms with van der Waals surface area (Å²) in [5, 5.41) is 4.63. The molecule has 4 heterocycles. The summed E-state index contributed by atoms with van der Waals surface area (Å²) in [6.07, 6.45) is 1.12. The Bertz CT molecular complexity index is 813. The van der Waals surface area contributed by atoms with E-state index in [9.17, 15) is 4.79 Å². The summed E-state index contributed by atoms with van der Waals surface area (Å²) in [7, 11) is 0. The van der Waals surface area contributed by atoms with Crippen LogP contribution in [0.15, 0.2) is 11.0 Å². The maximum absolute atomic E-state index is 12.0. The van der Waals surface area contributed by atoms with Gasteiger partial charge in [0, 0.05) is 0 Å². The SMILES string of the molecule is CC[C@H]1O[C@@H](n2ncc3c(=O)[nH]c(N)nc32)C2OC(C)(C)O[C@H]21. The fourth-order valence-electron chi connectivity index (χ4n) is 3.32. The molecule has 2 saturated heterocycles. The summed E-state index contributed by atoms with van der Waals surface area (Å²) in [6, 6.07) is 0. The summed E-state index contributed by atoms with van der Waals surface area (Å²) in [5.41, 5.74) is 5.70. The number of rotatable bonds is 2. The lowest BCUT2D eigenvalue weighted by Crippen LogP contribution is -2.29. The van der Waals surface area contributed by atoms with Gasteiger partial charge in [0.05, 0.1) is 12.3 Å². The van der Waals surface area contributed by atoms with Gasteiger partial charge in [0.1, 0.15) is 17.6 Å². The summed E-state index contributed by atoms with van der Waals surface area (Å²) in [4.78, 5) is 18.6. The minimum Gasteiger partial charge on any atom is -0.369 e. The van der Waals surface area contributed by atoms with Crippen LogP contribution in [0.25, 0.3) is 11.0 Å². The van der Waals surface area contributed by atoms with Crippen LogP contribution in [0.4, 0.5) is 5.95 Å². The number of nitrogens with one attached hydrogen (secondary N) is 1. The molecule has 1 unspecified atom stereocenters. The molecule has 2 aliphatic rings. The summed E-state index contributed by atoms with van der Waals surface area (Å²) >= 11 is 0. The molecule has 4 atom stereocenters. The van der Waals surface area contributed by atoms with Gasteiger partial charge in [-0.3, -0.25) is 9.78 Å². The van der Waals surface area contributed by atoms with Crippen molar-refractivity contribution < 1.29 is 14.2 Å². The number of fused-ring (bicyclic) bond motifs is 2. The first-order valence-electron chi connectivity index (χ1n) is 7.64. The predicted octanol–water partition coefficient (Wildman–Crippen LogP) is 0.529. The third-order valence-electron chi connectivity index (χ3n) is 4.25. The maximum atomic E-state index is 12.0. The summed E-state index contributed by atoms with van der Waals surface area (Å²) < 4.78 is 19.6. The number of hydrogen-bond acceptors (Lipinski definition) is 7. The molecule has 0 aromatic carbocycles. The van der Waals surface area contributed by atoms with Crippen LogP contribution in [-0.2, 0) is 14.2 Å². The van der Waals surface area contributed by atoms with Crippen LogP contribution in [0.3, 0.4) is 0 Å². The molecule has 9 nitrogen and oxygen atoms in total. The molecular weight excluding hydrogens is 302 g/mol. The molecular formula is C14H19N5O4. The molecule has 0 saturated carbocycles. The van der Waals surface area contributed by atoms with Crippen molar-refractivity contribution in [1.82, 2.24) is 19.7 Å². The highest BCUT2D eigenvalue weighted by molar-refractivity contribution is 5.74. The fourth-order valence-corrected chi connectivity index (χ4v) is 3.32. The van der Waals surface area contributed by atoms with Crippen molar-refractivity contribution in [2.75, 3.05) is 5.73 Å². The average Bonchev–Trinajstić information content (AvgIpc) is 3.09. The molecule has 124 valence electrons. The van der Waals surface area contributed by atoms with Gasteiger partial charge in [-0.1, -0.05) is 6.92 Å². The predicted molar refractivity (Wildman–Crippen MR) is 80.6 cm³/mol. The van der Waals surface area contributed by atoms with Crippen molar-refractivity contribution in [2.45, 2.75) is 57.5 Å². The van der Waals surface area contributed by atoms with Gasteiger partial charge in [-0.25, -0.2) is 4.68 Å². The van der Waals surface area contributed by atoms with Crippen LogP contribution >= 0.6 is 0 Å². The molecule has 2 aromatic rings. The van der Waals surface area contributed by atoms with Gasteiger partial charge in [-0.15, -0.1) is 0 Å². The first-order valence-corrected chi connectivity index (χ1v) is 7.64. The number of nitrogen functional groups attached to an aromatic ring is 1. The Hall–Kier alpha value is -1.97. The van der Waals surface area contributed by atoms with Crippen molar-refractivity contribution in [2.24, 2.45) is 0 Å². The van der Waals surface area contributed by atoms with Gasteiger partial charge in [0.25, 0.3) is 5.56 Å². The molecule has 2 aliphatic heterocycles. The Labute approximate surface area is 131 Å². The second-order valence-corrected chi connectivity index (χ2v) is 6.32.